The van der Waals surface area contributed by atoms with Gasteiger partial charge >= 0.3 is 0 Å². The van der Waals surface area contributed by atoms with Gasteiger partial charge in [-0.05, 0) is 21.3 Å². The Labute approximate surface area is 71.8 Å². The Morgan fingerprint density at radius 3 is 2.80 bits per heavy atom. The molecule has 0 aliphatic heterocycles. The van der Waals surface area contributed by atoms with Crippen LogP contribution >= 0.6 is 27.3 Å². The highest BCUT2D eigenvalue weighted by atomic mass is 79.9. The topological polar surface area (TPSA) is 46.2 Å². The van der Waals surface area contributed by atoms with Crippen LogP contribution in [-0.4, -0.2) is 11.7 Å². The van der Waals surface area contributed by atoms with Crippen LogP contribution in [0.5, 0.6) is 0 Å². The zero-order valence-electron chi connectivity index (χ0n) is 5.25. The number of aliphatic hydroxyl groups excluding tert-OH is 1. The molecule has 56 valence electrons. The maximum absolute atomic E-state index is 9.25. The molecule has 1 rings (SSSR count). The molecule has 1 heterocycles. The summed E-state index contributed by atoms with van der Waals surface area (Å²) in [4.78, 5) is 0. The second-order valence-electron chi connectivity index (χ2n) is 1.93. The van der Waals surface area contributed by atoms with Crippen LogP contribution in [0.25, 0.3) is 0 Å². The van der Waals surface area contributed by atoms with Gasteiger partial charge in [0.2, 0.25) is 0 Å². The van der Waals surface area contributed by atoms with Crippen LogP contribution in [0.3, 0.4) is 0 Å². The Balaban J connectivity index is 2.82. The van der Waals surface area contributed by atoms with E-state index in [-0.39, 0.29) is 6.54 Å². The number of hydrogen-bond donors (Lipinski definition) is 2. The van der Waals surface area contributed by atoms with Gasteiger partial charge in [0, 0.05) is 22.0 Å². The van der Waals surface area contributed by atoms with Crippen molar-refractivity contribution in [3.63, 3.8) is 0 Å². The molecule has 0 fully saturated rings. The van der Waals surface area contributed by atoms with E-state index in [4.69, 9.17) is 5.73 Å². The lowest BCUT2D eigenvalue weighted by Crippen LogP contribution is -2.10. The van der Waals surface area contributed by atoms with Gasteiger partial charge in [0.15, 0.2) is 0 Å². The Hall–Kier alpha value is 0.100. The summed E-state index contributed by atoms with van der Waals surface area (Å²) in [6.45, 7) is 0.273. The van der Waals surface area contributed by atoms with Gasteiger partial charge in [-0.2, -0.15) is 11.3 Å². The average Bonchev–Trinajstić information content (AvgIpc) is 2.34. The zero-order valence-corrected chi connectivity index (χ0v) is 7.65. The molecular weight excluding hydrogens is 214 g/mol. The predicted molar refractivity (Wildman–Crippen MR) is 46.0 cm³/mol. The summed E-state index contributed by atoms with van der Waals surface area (Å²) in [6, 6.07) is 0. The van der Waals surface area contributed by atoms with Crippen molar-refractivity contribution >= 4 is 27.3 Å². The van der Waals surface area contributed by atoms with E-state index in [1.165, 1.54) is 0 Å². The van der Waals surface area contributed by atoms with E-state index in [9.17, 15) is 5.11 Å². The molecule has 4 heteroatoms. The lowest BCUT2D eigenvalue weighted by molar-refractivity contribution is 0.186. The number of hydrogen-bond acceptors (Lipinski definition) is 3. The van der Waals surface area contributed by atoms with Crippen molar-refractivity contribution in [3.05, 3.63) is 20.8 Å². The first-order chi connectivity index (χ1) is 4.75. The van der Waals surface area contributed by atoms with Crippen molar-refractivity contribution in [3.8, 4) is 0 Å². The molecule has 1 unspecified atom stereocenters. The van der Waals surface area contributed by atoms with Crippen LogP contribution < -0.4 is 5.73 Å². The van der Waals surface area contributed by atoms with E-state index in [2.05, 4.69) is 15.9 Å². The molecule has 0 radical (unpaired) electrons. The zero-order chi connectivity index (χ0) is 7.56. The molecule has 0 aliphatic rings. The van der Waals surface area contributed by atoms with Crippen molar-refractivity contribution in [2.24, 2.45) is 5.73 Å². The average molecular weight is 222 g/mol. The fourth-order valence-electron chi connectivity index (χ4n) is 0.656. The van der Waals surface area contributed by atoms with Crippen molar-refractivity contribution in [2.45, 2.75) is 6.10 Å². The summed E-state index contributed by atoms with van der Waals surface area (Å²) in [5, 5.41) is 13.1. The number of rotatable bonds is 2. The molecule has 1 atom stereocenters. The molecule has 0 saturated heterocycles. The lowest BCUT2D eigenvalue weighted by Gasteiger charge is -2.04. The first kappa shape index (κ1) is 8.20. The van der Waals surface area contributed by atoms with E-state index >= 15 is 0 Å². The van der Waals surface area contributed by atoms with E-state index in [0.29, 0.717) is 0 Å². The standard InChI is InChI=1S/C6H8BrNOS/c7-5-3-10-2-4(5)6(9)1-8/h2-3,6,9H,1,8H2. The minimum atomic E-state index is -0.527. The van der Waals surface area contributed by atoms with Gasteiger partial charge in [-0.3, -0.25) is 0 Å². The lowest BCUT2D eigenvalue weighted by atomic mass is 10.2. The van der Waals surface area contributed by atoms with Gasteiger partial charge in [0.1, 0.15) is 0 Å². The molecule has 0 bridgehead atoms. The molecule has 2 nitrogen and oxygen atoms in total. The third-order valence-corrected chi connectivity index (χ3v) is 2.98. The van der Waals surface area contributed by atoms with E-state index in [0.717, 1.165) is 10.0 Å². The van der Waals surface area contributed by atoms with Gasteiger partial charge in [-0.1, -0.05) is 0 Å². The fraction of sp³-hybridized carbons (Fsp3) is 0.333. The maximum atomic E-state index is 9.25. The smallest absolute Gasteiger partial charge is 0.0931 e. The van der Waals surface area contributed by atoms with Crippen molar-refractivity contribution in [1.29, 1.82) is 0 Å². The van der Waals surface area contributed by atoms with E-state index in [1.54, 1.807) is 11.3 Å². The molecular formula is C6H8BrNOS. The Kier molecular flexibility index (Phi) is 2.85. The summed E-state index contributed by atoms with van der Waals surface area (Å²) in [5.41, 5.74) is 6.15. The largest absolute Gasteiger partial charge is 0.387 e. The van der Waals surface area contributed by atoms with Crippen LogP contribution in [0.4, 0.5) is 0 Å². The SMILES string of the molecule is NCC(O)c1cscc1Br. The van der Waals surface area contributed by atoms with Gasteiger partial charge < -0.3 is 10.8 Å². The van der Waals surface area contributed by atoms with Crippen molar-refractivity contribution in [2.75, 3.05) is 6.54 Å². The number of thiophene rings is 1. The Morgan fingerprint density at radius 2 is 2.40 bits per heavy atom. The highest BCUT2D eigenvalue weighted by molar-refractivity contribution is 9.10. The van der Waals surface area contributed by atoms with E-state index in [1.807, 2.05) is 10.8 Å². The fourth-order valence-corrected chi connectivity index (χ4v) is 2.26. The predicted octanol–water partition coefficient (Wildman–Crippen LogP) is 1.50. The van der Waals surface area contributed by atoms with Gasteiger partial charge in [0.25, 0.3) is 0 Å². The van der Waals surface area contributed by atoms with Crippen LogP contribution in [0.1, 0.15) is 11.7 Å². The quantitative estimate of drug-likeness (QED) is 0.796. The first-order valence-corrected chi connectivity index (χ1v) is 4.59. The summed E-state index contributed by atoms with van der Waals surface area (Å²) < 4.78 is 0.940. The van der Waals surface area contributed by atoms with E-state index < -0.39 is 6.10 Å². The Morgan fingerprint density at radius 1 is 1.70 bits per heavy atom. The summed E-state index contributed by atoms with van der Waals surface area (Å²) in [5.74, 6) is 0. The summed E-state index contributed by atoms with van der Waals surface area (Å²) in [6.07, 6.45) is -0.527. The molecule has 3 N–H and O–H groups in total. The monoisotopic (exact) mass is 221 g/mol. The second kappa shape index (κ2) is 3.48. The summed E-state index contributed by atoms with van der Waals surface area (Å²) in [7, 11) is 0. The minimum absolute atomic E-state index is 0.273. The molecule has 0 amide bonds. The van der Waals surface area contributed by atoms with Gasteiger partial charge in [0.05, 0.1) is 6.10 Å². The molecule has 10 heavy (non-hydrogen) atoms. The van der Waals surface area contributed by atoms with Crippen LogP contribution in [0.2, 0.25) is 0 Å². The van der Waals surface area contributed by atoms with Crippen molar-refractivity contribution < 1.29 is 5.11 Å². The molecule has 0 aliphatic carbocycles. The first-order valence-electron chi connectivity index (χ1n) is 2.85. The third-order valence-electron chi connectivity index (χ3n) is 1.22. The van der Waals surface area contributed by atoms with Gasteiger partial charge in [-0.15, -0.1) is 0 Å². The van der Waals surface area contributed by atoms with Crippen molar-refractivity contribution in [1.82, 2.24) is 0 Å². The Bertz CT molecular complexity index is 213. The summed E-state index contributed by atoms with van der Waals surface area (Å²) >= 11 is 4.85. The van der Waals surface area contributed by atoms with Crippen LogP contribution in [0, 0.1) is 0 Å². The molecule has 0 aromatic carbocycles. The molecule has 1 aromatic heterocycles. The van der Waals surface area contributed by atoms with Crippen LogP contribution in [0.15, 0.2) is 15.2 Å². The third kappa shape index (κ3) is 1.58. The normalized spacial score (nSPS) is 13.5. The number of aliphatic hydroxyl groups is 1. The molecule has 0 spiro atoms. The van der Waals surface area contributed by atoms with Crippen LogP contribution in [-0.2, 0) is 0 Å². The number of halogens is 1. The van der Waals surface area contributed by atoms with Gasteiger partial charge in [-0.25, -0.2) is 0 Å². The minimum Gasteiger partial charge on any atom is -0.387 e. The highest BCUT2D eigenvalue weighted by Crippen LogP contribution is 2.26. The molecule has 0 saturated carbocycles. The molecule has 1 aromatic rings. The number of nitrogens with two attached hydrogens (primary N) is 1. The maximum Gasteiger partial charge on any atom is 0.0931 e. The second-order valence-corrected chi connectivity index (χ2v) is 3.52. The highest BCUT2D eigenvalue weighted by Gasteiger charge is 2.08.